The number of nitrogens with zero attached hydrogens (tertiary/aromatic N) is 1. The Balaban J connectivity index is 1.70. The van der Waals surface area contributed by atoms with Crippen LogP contribution in [0.5, 0.6) is 0 Å². The van der Waals surface area contributed by atoms with Gasteiger partial charge in [0.05, 0.1) is 11.1 Å². The van der Waals surface area contributed by atoms with E-state index in [4.69, 9.17) is 0 Å². The van der Waals surface area contributed by atoms with Crippen molar-refractivity contribution in [2.45, 2.75) is 51.1 Å². The molecule has 7 nitrogen and oxygen atoms in total. The first-order valence-electron chi connectivity index (χ1n) is 8.52. The number of carbonyl (C=O) groups excluding carboxylic acids is 4. The van der Waals surface area contributed by atoms with Crippen LogP contribution in [0.2, 0.25) is 0 Å². The third-order valence-electron chi connectivity index (χ3n) is 4.84. The van der Waals surface area contributed by atoms with Crippen LogP contribution in [0.1, 0.15) is 59.7 Å². The van der Waals surface area contributed by atoms with Crippen molar-refractivity contribution in [3.63, 3.8) is 0 Å². The Morgan fingerprint density at radius 2 is 2.00 bits per heavy atom. The molecule has 0 saturated heterocycles. The smallest absolute Gasteiger partial charge is 0.261 e. The zero-order valence-electron chi connectivity index (χ0n) is 14.1. The van der Waals surface area contributed by atoms with Gasteiger partial charge in [0.1, 0.15) is 0 Å². The van der Waals surface area contributed by atoms with Crippen LogP contribution in [-0.4, -0.2) is 41.1 Å². The highest BCUT2D eigenvalue weighted by molar-refractivity contribution is 6.22. The first kappa shape index (κ1) is 17.1. The van der Waals surface area contributed by atoms with E-state index in [-0.39, 0.29) is 18.2 Å². The molecule has 1 aliphatic heterocycles. The Morgan fingerprint density at radius 1 is 1.28 bits per heavy atom. The van der Waals surface area contributed by atoms with Gasteiger partial charge < -0.3 is 5.32 Å². The molecule has 1 aromatic rings. The molecule has 2 N–H and O–H groups in total. The highest BCUT2D eigenvalue weighted by Crippen LogP contribution is 2.30. The summed E-state index contributed by atoms with van der Waals surface area (Å²) in [5.41, 5.74) is 1.65. The summed E-state index contributed by atoms with van der Waals surface area (Å²) >= 11 is 0. The number of rotatable bonds is 7. The fourth-order valence-electron chi connectivity index (χ4n) is 3.14. The number of hydrogen-bond acceptors (Lipinski definition) is 5. The lowest BCUT2D eigenvalue weighted by Gasteiger charge is -2.27. The SMILES string of the molecule is CC(CCC(=O)NC=O)N1C(=O)c2ccc(NC3CCC3)cc2C1=O. The fraction of sp³-hybridized carbons (Fsp3) is 0.444. The monoisotopic (exact) mass is 343 g/mol. The normalized spacial score (nSPS) is 17.7. The summed E-state index contributed by atoms with van der Waals surface area (Å²) < 4.78 is 0. The lowest BCUT2D eigenvalue weighted by Crippen LogP contribution is -2.38. The number of fused-ring (bicyclic) bond motifs is 1. The van der Waals surface area contributed by atoms with Crippen LogP contribution in [0.4, 0.5) is 5.69 Å². The summed E-state index contributed by atoms with van der Waals surface area (Å²) in [5, 5.41) is 5.43. The molecule has 1 atom stereocenters. The van der Waals surface area contributed by atoms with Crippen LogP contribution in [0.15, 0.2) is 18.2 Å². The zero-order valence-corrected chi connectivity index (χ0v) is 14.1. The van der Waals surface area contributed by atoms with E-state index in [1.165, 1.54) is 11.3 Å². The molecule has 0 radical (unpaired) electrons. The molecule has 2 aliphatic rings. The summed E-state index contributed by atoms with van der Waals surface area (Å²) in [6, 6.07) is 5.26. The number of hydrogen-bond donors (Lipinski definition) is 2. The van der Waals surface area contributed by atoms with Gasteiger partial charge in [0.25, 0.3) is 11.8 Å². The largest absolute Gasteiger partial charge is 0.382 e. The first-order valence-corrected chi connectivity index (χ1v) is 8.52. The predicted molar refractivity (Wildman–Crippen MR) is 91.1 cm³/mol. The zero-order chi connectivity index (χ0) is 18.0. The quantitative estimate of drug-likeness (QED) is 0.580. The molecule has 7 heteroatoms. The maximum Gasteiger partial charge on any atom is 0.261 e. The number of amides is 4. The van der Waals surface area contributed by atoms with Crippen molar-refractivity contribution in [2.75, 3.05) is 5.32 Å². The van der Waals surface area contributed by atoms with Gasteiger partial charge in [0.2, 0.25) is 12.3 Å². The number of nitrogens with one attached hydrogen (secondary N) is 2. The van der Waals surface area contributed by atoms with E-state index in [0.717, 1.165) is 18.5 Å². The minimum atomic E-state index is -0.426. The van der Waals surface area contributed by atoms with Gasteiger partial charge in [-0.05, 0) is 50.8 Å². The Labute approximate surface area is 145 Å². The summed E-state index contributed by atoms with van der Waals surface area (Å²) in [6.07, 6.45) is 4.15. The van der Waals surface area contributed by atoms with E-state index >= 15 is 0 Å². The van der Waals surface area contributed by atoms with Crippen LogP contribution in [0, 0.1) is 0 Å². The summed E-state index contributed by atoms with van der Waals surface area (Å²) in [5.74, 6) is -1.09. The molecular weight excluding hydrogens is 322 g/mol. The first-order chi connectivity index (χ1) is 12.0. The molecule has 132 valence electrons. The molecule has 4 amide bonds. The van der Waals surface area contributed by atoms with Crippen molar-refractivity contribution in [1.29, 1.82) is 0 Å². The Morgan fingerprint density at radius 3 is 2.64 bits per heavy atom. The maximum atomic E-state index is 12.7. The lowest BCUT2D eigenvalue weighted by molar-refractivity contribution is -0.125. The molecule has 25 heavy (non-hydrogen) atoms. The molecule has 0 bridgehead atoms. The van der Waals surface area contributed by atoms with E-state index < -0.39 is 11.9 Å². The van der Waals surface area contributed by atoms with Gasteiger partial charge in [-0.15, -0.1) is 0 Å². The van der Waals surface area contributed by atoms with Gasteiger partial charge in [-0.1, -0.05) is 0 Å². The number of anilines is 1. The van der Waals surface area contributed by atoms with Crippen LogP contribution >= 0.6 is 0 Å². The number of imide groups is 2. The Hall–Kier alpha value is -2.70. The lowest BCUT2D eigenvalue weighted by atomic mass is 9.93. The molecule has 1 saturated carbocycles. The van der Waals surface area contributed by atoms with Gasteiger partial charge in [-0.25, -0.2) is 0 Å². The second-order valence-corrected chi connectivity index (χ2v) is 6.59. The van der Waals surface area contributed by atoms with Crippen molar-refractivity contribution in [3.05, 3.63) is 29.3 Å². The van der Waals surface area contributed by atoms with Crippen LogP contribution in [-0.2, 0) is 9.59 Å². The Kier molecular flexibility index (Phi) is 4.83. The van der Waals surface area contributed by atoms with E-state index in [1.54, 1.807) is 19.1 Å². The molecule has 1 heterocycles. The fourth-order valence-corrected chi connectivity index (χ4v) is 3.14. The van der Waals surface area contributed by atoms with Crippen LogP contribution in [0.25, 0.3) is 0 Å². The molecule has 1 fully saturated rings. The number of carbonyl (C=O) groups is 4. The summed E-state index contributed by atoms with van der Waals surface area (Å²) in [6.45, 7) is 1.73. The third kappa shape index (κ3) is 3.40. The van der Waals surface area contributed by atoms with Gasteiger partial charge in [0, 0.05) is 24.2 Å². The number of benzene rings is 1. The Bertz CT molecular complexity index is 727. The molecule has 1 aliphatic carbocycles. The van der Waals surface area contributed by atoms with Gasteiger partial charge in [0.15, 0.2) is 0 Å². The average Bonchev–Trinajstić information content (AvgIpc) is 2.80. The van der Waals surface area contributed by atoms with E-state index in [1.807, 2.05) is 6.07 Å². The van der Waals surface area contributed by atoms with Crippen molar-refractivity contribution in [2.24, 2.45) is 0 Å². The molecule has 1 aromatic carbocycles. The van der Waals surface area contributed by atoms with Gasteiger partial charge in [-0.3, -0.25) is 29.4 Å². The van der Waals surface area contributed by atoms with Crippen molar-refractivity contribution < 1.29 is 19.2 Å². The van der Waals surface area contributed by atoms with E-state index in [0.29, 0.717) is 30.0 Å². The third-order valence-corrected chi connectivity index (χ3v) is 4.84. The van der Waals surface area contributed by atoms with Crippen LogP contribution < -0.4 is 10.6 Å². The minimum absolute atomic E-state index is 0.0712. The van der Waals surface area contributed by atoms with Gasteiger partial charge >= 0.3 is 0 Å². The minimum Gasteiger partial charge on any atom is -0.382 e. The summed E-state index contributed by atoms with van der Waals surface area (Å²) in [4.78, 5) is 48.0. The highest BCUT2D eigenvalue weighted by Gasteiger charge is 2.38. The molecular formula is C18H21N3O4. The van der Waals surface area contributed by atoms with Crippen molar-refractivity contribution in [1.82, 2.24) is 10.2 Å². The van der Waals surface area contributed by atoms with E-state index in [2.05, 4.69) is 10.6 Å². The predicted octanol–water partition coefficient (Wildman–Crippen LogP) is 1.69. The van der Waals surface area contributed by atoms with Crippen molar-refractivity contribution in [3.8, 4) is 0 Å². The highest BCUT2D eigenvalue weighted by atomic mass is 16.2. The van der Waals surface area contributed by atoms with E-state index in [9.17, 15) is 19.2 Å². The summed E-state index contributed by atoms with van der Waals surface area (Å²) in [7, 11) is 0. The average molecular weight is 343 g/mol. The molecule has 0 spiro atoms. The molecule has 3 rings (SSSR count). The standard InChI is InChI=1S/C18H21N3O4/c1-11(5-8-16(23)19-10-22)21-17(24)14-7-6-13(9-15(14)18(21)25)20-12-3-2-4-12/h6-7,9-12,20H,2-5,8H2,1H3,(H,19,22,23). The second-order valence-electron chi connectivity index (χ2n) is 6.59. The molecule has 0 aromatic heterocycles. The van der Waals surface area contributed by atoms with Crippen LogP contribution in [0.3, 0.4) is 0 Å². The van der Waals surface area contributed by atoms with Crippen molar-refractivity contribution >= 4 is 29.8 Å². The van der Waals surface area contributed by atoms with Gasteiger partial charge in [-0.2, -0.15) is 0 Å². The second kappa shape index (κ2) is 7.04. The topological polar surface area (TPSA) is 95.6 Å². The maximum absolute atomic E-state index is 12.7. The molecule has 1 unspecified atom stereocenters.